The Balaban J connectivity index is 1.93. The van der Waals surface area contributed by atoms with Gasteiger partial charge in [0.15, 0.2) is 0 Å². The highest BCUT2D eigenvalue weighted by Crippen LogP contribution is 2.22. The monoisotopic (exact) mass is 412 g/mol. The molecule has 0 saturated heterocycles. The fourth-order valence-corrected chi connectivity index (χ4v) is 3.46. The molecule has 9 heteroatoms. The van der Waals surface area contributed by atoms with Crippen LogP contribution in [0.1, 0.15) is 12.0 Å². The summed E-state index contributed by atoms with van der Waals surface area (Å²) in [7, 11) is -2.35. The number of hydrogen-bond acceptors (Lipinski definition) is 4. The van der Waals surface area contributed by atoms with Crippen molar-refractivity contribution in [1.29, 1.82) is 0 Å². The van der Waals surface area contributed by atoms with E-state index in [2.05, 4.69) is 5.32 Å². The van der Waals surface area contributed by atoms with Gasteiger partial charge in [-0.25, -0.2) is 17.2 Å². The summed E-state index contributed by atoms with van der Waals surface area (Å²) in [6, 6.07) is 10.0. The normalized spacial score (nSPS) is 11.1. The van der Waals surface area contributed by atoms with Crippen LogP contribution in [-0.2, 0) is 21.2 Å². The number of anilines is 1. The van der Waals surface area contributed by atoms with Crippen LogP contribution in [0.25, 0.3) is 0 Å². The Labute approximate surface area is 163 Å². The average molecular weight is 412 g/mol. The first kappa shape index (κ1) is 21.6. The molecule has 0 aliphatic heterocycles. The number of carbonyl (C=O) groups excluding carboxylic acids is 1. The summed E-state index contributed by atoms with van der Waals surface area (Å²) < 4.78 is 56.7. The Kier molecular flexibility index (Phi) is 7.33. The molecule has 6 nitrogen and oxygen atoms in total. The van der Waals surface area contributed by atoms with E-state index in [1.807, 2.05) is 24.3 Å². The smallest absolute Gasteiger partial charge is 0.240 e. The first-order valence-corrected chi connectivity index (χ1v) is 10.4. The zero-order valence-electron chi connectivity index (χ0n) is 15.6. The number of amides is 1. The molecule has 1 amide bonds. The number of rotatable bonds is 9. The van der Waals surface area contributed by atoms with Crippen LogP contribution in [0.3, 0.4) is 0 Å². The molecule has 0 aromatic heterocycles. The zero-order valence-corrected chi connectivity index (χ0v) is 16.4. The van der Waals surface area contributed by atoms with E-state index in [0.29, 0.717) is 29.8 Å². The highest BCUT2D eigenvalue weighted by atomic mass is 32.2. The van der Waals surface area contributed by atoms with Crippen LogP contribution >= 0.6 is 0 Å². The van der Waals surface area contributed by atoms with Crippen molar-refractivity contribution in [3.05, 3.63) is 59.7 Å². The zero-order chi connectivity index (χ0) is 20.7. The van der Waals surface area contributed by atoms with Crippen molar-refractivity contribution in [2.45, 2.75) is 12.8 Å². The van der Waals surface area contributed by atoms with Gasteiger partial charge < -0.3 is 10.1 Å². The second kappa shape index (κ2) is 9.50. The number of aryl methyl sites for hydroxylation is 1. The molecule has 0 spiro atoms. The Bertz CT molecular complexity index is 935. The van der Waals surface area contributed by atoms with E-state index in [-0.39, 0.29) is 5.69 Å². The molecule has 0 saturated carbocycles. The minimum atomic E-state index is -3.93. The molecule has 0 unspecified atom stereocenters. The summed E-state index contributed by atoms with van der Waals surface area (Å²) in [6.07, 6.45) is 2.18. The number of hydrogen-bond donors (Lipinski definition) is 1. The fourth-order valence-electron chi connectivity index (χ4n) is 2.60. The summed E-state index contributed by atoms with van der Waals surface area (Å²) in [4.78, 5) is 12.1. The number of halogens is 2. The molecule has 0 heterocycles. The van der Waals surface area contributed by atoms with Crippen LogP contribution in [0.5, 0.6) is 5.75 Å². The van der Waals surface area contributed by atoms with Crippen molar-refractivity contribution in [2.75, 3.05) is 30.8 Å². The molecule has 0 atom stereocenters. The second-order valence-corrected chi connectivity index (χ2v) is 8.08. The van der Waals surface area contributed by atoms with Gasteiger partial charge in [0.2, 0.25) is 15.9 Å². The van der Waals surface area contributed by atoms with E-state index in [4.69, 9.17) is 4.74 Å². The molecular formula is C19H22F2N2O4S. The molecule has 0 fully saturated rings. The predicted octanol–water partition coefficient (Wildman–Crippen LogP) is 2.49. The van der Waals surface area contributed by atoms with Crippen LogP contribution in [0.2, 0.25) is 0 Å². The number of benzene rings is 2. The topological polar surface area (TPSA) is 75.7 Å². The molecule has 1 N–H and O–H groups in total. The molecule has 152 valence electrons. The van der Waals surface area contributed by atoms with E-state index in [1.54, 1.807) is 7.11 Å². The summed E-state index contributed by atoms with van der Waals surface area (Å²) in [6.45, 7) is -0.278. The van der Waals surface area contributed by atoms with Crippen molar-refractivity contribution in [3.8, 4) is 5.75 Å². The van der Waals surface area contributed by atoms with Crippen molar-refractivity contribution in [3.63, 3.8) is 0 Å². The first-order chi connectivity index (χ1) is 13.2. The van der Waals surface area contributed by atoms with E-state index >= 15 is 0 Å². The molecule has 2 rings (SSSR count). The van der Waals surface area contributed by atoms with Gasteiger partial charge in [-0.3, -0.25) is 9.10 Å². The van der Waals surface area contributed by atoms with Gasteiger partial charge in [0, 0.05) is 12.6 Å². The van der Waals surface area contributed by atoms with Gasteiger partial charge >= 0.3 is 0 Å². The summed E-state index contributed by atoms with van der Waals surface area (Å²) in [5, 5.41) is 2.61. The quantitative estimate of drug-likeness (QED) is 0.642. The summed E-state index contributed by atoms with van der Waals surface area (Å²) in [5.74, 6) is -1.74. The largest absolute Gasteiger partial charge is 0.497 e. The van der Waals surface area contributed by atoms with Crippen molar-refractivity contribution < 1.29 is 26.7 Å². The molecular weight excluding hydrogens is 390 g/mol. The standard InChI is InChI=1S/C19H22F2N2O4S/c1-27-16-7-3-5-14(11-16)6-4-10-22-19(24)13-23(28(2,25)26)18-9-8-15(20)12-17(18)21/h3,5,7-9,11-12H,4,6,10,13H2,1-2H3,(H,22,24). The predicted molar refractivity (Wildman–Crippen MR) is 103 cm³/mol. The van der Waals surface area contributed by atoms with Gasteiger partial charge in [-0.2, -0.15) is 0 Å². The van der Waals surface area contributed by atoms with E-state index in [1.165, 1.54) is 0 Å². The maximum Gasteiger partial charge on any atom is 0.240 e. The van der Waals surface area contributed by atoms with Crippen LogP contribution in [0.15, 0.2) is 42.5 Å². The van der Waals surface area contributed by atoms with Gasteiger partial charge in [0.05, 0.1) is 19.1 Å². The van der Waals surface area contributed by atoms with Crippen LogP contribution in [-0.4, -0.2) is 40.8 Å². The van der Waals surface area contributed by atoms with Crippen molar-refractivity contribution in [2.24, 2.45) is 0 Å². The van der Waals surface area contributed by atoms with Crippen molar-refractivity contribution in [1.82, 2.24) is 5.32 Å². The highest BCUT2D eigenvalue weighted by Gasteiger charge is 2.23. The van der Waals surface area contributed by atoms with E-state index in [0.717, 1.165) is 29.7 Å². The number of sulfonamides is 1. The van der Waals surface area contributed by atoms with Crippen LogP contribution in [0.4, 0.5) is 14.5 Å². The number of ether oxygens (including phenoxy) is 1. The van der Waals surface area contributed by atoms with Gasteiger partial charge in [0.1, 0.15) is 23.9 Å². The Morgan fingerprint density at radius 3 is 2.57 bits per heavy atom. The lowest BCUT2D eigenvalue weighted by molar-refractivity contribution is -0.119. The van der Waals surface area contributed by atoms with Crippen LogP contribution < -0.4 is 14.4 Å². The third kappa shape index (κ3) is 6.19. The number of carbonyl (C=O) groups is 1. The Morgan fingerprint density at radius 1 is 1.18 bits per heavy atom. The molecule has 28 heavy (non-hydrogen) atoms. The highest BCUT2D eigenvalue weighted by molar-refractivity contribution is 7.92. The number of methoxy groups -OCH3 is 1. The summed E-state index contributed by atoms with van der Waals surface area (Å²) in [5.41, 5.74) is 0.662. The molecule has 0 bridgehead atoms. The minimum Gasteiger partial charge on any atom is -0.497 e. The molecule has 0 aliphatic rings. The Hall–Kier alpha value is -2.68. The maximum absolute atomic E-state index is 13.9. The lowest BCUT2D eigenvalue weighted by Crippen LogP contribution is -2.41. The molecule has 0 radical (unpaired) electrons. The Morgan fingerprint density at radius 2 is 1.93 bits per heavy atom. The van der Waals surface area contributed by atoms with Crippen LogP contribution in [0, 0.1) is 11.6 Å². The van der Waals surface area contributed by atoms with Gasteiger partial charge in [0.25, 0.3) is 0 Å². The fraction of sp³-hybridized carbons (Fsp3) is 0.316. The second-order valence-electron chi connectivity index (χ2n) is 6.17. The number of nitrogens with one attached hydrogen (secondary N) is 1. The van der Waals surface area contributed by atoms with Crippen molar-refractivity contribution >= 4 is 21.6 Å². The average Bonchev–Trinajstić information content (AvgIpc) is 2.63. The SMILES string of the molecule is COc1cccc(CCCNC(=O)CN(c2ccc(F)cc2F)S(C)(=O)=O)c1. The molecule has 2 aromatic rings. The van der Waals surface area contributed by atoms with Gasteiger partial charge in [-0.05, 0) is 42.7 Å². The maximum atomic E-state index is 13.9. The lowest BCUT2D eigenvalue weighted by atomic mass is 10.1. The summed E-state index contributed by atoms with van der Waals surface area (Å²) >= 11 is 0. The molecule has 2 aromatic carbocycles. The van der Waals surface area contributed by atoms with Gasteiger partial charge in [-0.15, -0.1) is 0 Å². The van der Waals surface area contributed by atoms with Gasteiger partial charge in [-0.1, -0.05) is 12.1 Å². The third-order valence-electron chi connectivity index (χ3n) is 3.96. The van der Waals surface area contributed by atoms with E-state index in [9.17, 15) is 22.0 Å². The number of nitrogens with zero attached hydrogens (tertiary/aromatic N) is 1. The third-order valence-corrected chi connectivity index (χ3v) is 5.09. The molecule has 0 aliphatic carbocycles. The lowest BCUT2D eigenvalue weighted by Gasteiger charge is -2.22. The first-order valence-electron chi connectivity index (χ1n) is 8.53. The van der Waals surface area contributed by atoms with E-state index < -0.39 is 34.1 Å². The minimum absolute atomic E-state index is 0.319.